The molecule has 0 saturated carbocycles. The third kappa shape index (κ3) is 3.48. The first kappa shape index (κ1) is 15.7. The maximum absolute atomic E-state index is 12.4. The Kier molecular flexibility index (Phi) is 5.08. The number of rotatable bonds is 6. The third-order valence-corrected chi connectivity index (χ3v) is 4.12. The van der Waals surface area contributed by atoms with Crippen molar-refractivity contribution in [3.05, 3.63) is 28.5 Å². The van der Waals surface area contributed by atoms with Crippen LogP contribution in [0.15, 0.2) is 11.4 Å². The maximum Gasteiger partial charge on any atom is 0.275 e. The highest BCUT2D eigenvalue weighted by Gasteiger charge is 2.16. The molecule has 1 atom stereocenters. The van der Waals surface area contributed by atoms with Crippen LogP contribution < -0.4 is 10.6 Å². The molecule has 0 bridgehead atoms. The SMILES string of the molecule is CCc1cc(C(=O)Nc2nc(C(C)NC)cs2)n(CC)n1. The number of carbonyl (C=O) groups excluding carboxylic acids is 1. The summed E-state index contributed by atoms with van der Waals surface area (Å²) in [7, 11) is 1.88. The van der Waals surface area contributed by atoms with Crippen molar-refractivity contribution in [1.82, 2.24) is 20.1 Å². The van der Waals surface area contributed by atoms with Crippen molar-refractivity contribution < 1.29 is 4.79 Å². The second-order valence-corrected chi connectivity index (χ2v) is 5.59. The first-order valence-corrected chi connectivity index (χ1v) is 7.97. The molecule has 114 valence electrons. The highest BCUT2D eigenvalue weighted by molar-refractivity contribution is 7.14. The lowest BCUT2D eigenvalue weighted by Gasteiger charge is -2.06. The van der Waals surface area contributed by atoms with Crippen LogP contribution >= 0.6 is 11.3 Å². The van der Waals surface area contributed by atoms with Crippen LogP contribution in [-0.2, 0) is 13.0 Å². The van der Waals surface area contributed by atoms with Gasteiger partial charge in [-0.1, -0.05) is 6.92 Å². The van der Waals surface area contributed by atoms with Gasteiger partial charge in [-0.15, -0.1) is 11.3 Å². The minimum atomic E-state index is -0.165. The molecule has 2 aromatic heterocycles. The molecular weight excluding hydrogens is 286 g/mol. The van der Waals surface area contributed by atoms with Gasteiger partial charge in [-0.3, -0.25) is 14.8 Å². The van der Waals surface area contributed by atoms with Crippen LogP contribution in [0.5, 0.6) is 0 Å². The molecule has 0 fully saturated rings. The van der Waals surface area contributed by atoms with Gasteiger partial charge >= 0.3 is 0 Å². The van der Waals surface area contributed by atoms with E-state index in [4.69, 9.17) is 0 Å². The number of hydrogen-bond donors (Lipinski definition) is 2. The van der Waals surface area contributed by atoms with Crippen LogP contribution in [0.3, 0.4) is 0 Å². The molecular formula is C14H21N5OS. The molecule has 0 aliphatic rings. The van der Waals surface area contributed by atoms with Crippen molar-refractivity contribution in [2.75, 3.05) is 12.4 Å². The van der Waals surface area contributed by atoms with Crippen molar-refractivity contribution in [1.29, 1.82) is 0 Å². The quantitative estimate of drug-likeness (QED) is 0.860. The van der Waals surface area contributed by atoms with Gasteiger partial charge < -0.3 is 5.32 Å². The van der Waals surface area contributed by atoms with Crippen molar-refractivity contribution >= 4 is 22.4 Å². The first-order valence-electron chi connectivity index (χ1n) is 7.09. The van der Waals surface area contributed by atoms with Crippen molar-refractivity contribution in [3.63, 3.8) is 0 Å². The lowest BCUT2D eigenvalue weighted by atomic mass is 10.3. The monoisotopic (exact) mass is 307 g/mol. The van der Waals surface area contributed by atoms with Crippen LogP contribution in [0.1, 0.15) is 48.7 Å². The largest absolute Gasteiger partial charge is 0.312 e. The summed E-state index contributed by atoms with van der Waals surface area (Å²) < 4.78 is 1.72. The van der Waals surface area contributed by atoms with E-state index in [0.29, 0.717) is 17.4 Å². The van der Waals surface area contributed by atoms with Gasteiger partial charge in [0.15, 0.2) is 5.13 Å². The Hall–Kier alpha value is -1.73. The average molecular weight is 307 g/mol. The van der Waals surface area contributed by atoms with Crippen LogP contribution in [0.2, 0.25) is 0 Å². The molecule has 2 rings (SSSR count). The number of nitrogens with one attached hydrogen (secondary N) is 2. The minimum Gasteiger partial charge on any atom is -0.312 e. The lowest BCUT2D eigenvalue weighted by Crippen LogP contribution is -2.17. The molecule has 1 unspecified atom stereocenters. The summed E-state index contributed by atoms with van der Waals surface area (Å²) in [6, 6.07) is 2.00. The number of amides is 1. The summed E-state index contributed by atoms with van der Waals surface area (Å²) >= 11 is 1.43. The van der Waals surface area contributed by atoms with Gasteiger partial charge in [0, 0.05) is 18.0 Å². The molecule has 6 nitrogen and oxygen atoms in total. The van der Waals surface area contributed by atoms with Gasteiger partial charge in [0.2, 0.25) is 0 Å². The number of carbonyl (C=O) groups is 1. The topological polar surface area (TPSA) is 71.8 Å². The van der Waals surface area contributed by atoms with Gasteiger partial charge in [0.25, 0.3) is 5.91 Å². The molecule has 0 aliphatic carbocycles. The number of anilines is 1. The van der Waals surface area contributed by atoms with E-state index in [1.807, 2.05) is 39.3 Å². The fourth-order valence-electron chi connectivity index (χ4n) is 1.92. The molecule has 0 saturated heterocycles. The highest BCUT2D eigenvalue weighted by Crippen LogP contribution is 2.21. The van der Waals surface area contributed by atoms with E-state index in [0.717, 1.165) is 17.8 Å². The van der Waals surface area contributed by atoms with Crippen LogP contribution in [0.4, 0.5) is 5.13 Å². The van der Waals surface area contributed by atoms with Gasteiger partial charge in [-0.2, -0.15) is 5.10 Å². The summed E-state index contributed by atoms with van der Waals surface area (Å²) in [5.41, 5.74) is 2.43. The summed E-state index contributed by atoms with van der Waals surface area (Å²) in [5, 5.41) is 12.9. The predicted octanol–water partition coefficient (Wildman–Crippen LogP) is 2.45. The Morgan fingerprint density at radius 3 is 2.86 bits per heavy atom. The molecule has 0 aliphatic heterocycles. The maximum atomic E-state index is 12.4. The summed E-state index contributed by atoms with van der Waals surface area (Å²) in [6.45, 7) is 6.69. The molecule has 2 N–H and O–H groups in total. The number of thiazole rings is 1. The predicted molar refractivity (Wildman–Crippen MR) is 84.8 cm³/mol. The number of nitrogens with zero attached hydrogens (tertiary/aromatic N) is 3. The summed E-state index contributed by atoms with van der Waals surface area (Å²) in [4.78, 5) is 16.8. The number of hydrogen-bond acceptors (Lipinski definition) is 5. The van der Waals surface area contributed by atoms with E-state index in [1.54, 1.807) is 4.68 Å². The fourth-order valence-corrected chi connectivity index (χ4v) is 2.72. The Balaban J connectivity index is 2.14. The normalized spacial score (nSPS) is 12.4. The Morgan fingerprint density at radius 1 is 1.48 bits per heavy atom. The molecule has 0 spiro atoms. The van der Waals surface area contributed by atoms with E-state index in [2.05, 4.69) is 20.7 Å². The Morgan fingerprint density at radius 2 is 2.24 bits per heavy atom. The smallest absolute Gasteiger partial charge is 0.275 e. The van der Waals surface area contributed by atoms with E-state index in [1.165, 1.54) is 11.3 Å². The van der Waals surface area contributed by atoms with Crippen molar-refractivity contribution in [2.45, 2.75) is 39.8 Å². The van der Waals surface area contributed by atoms with Crippen LogP contribution in [-0.4, -0.2) is 27.7 Å². The van der Waals surface area contributed by atoms with Gasteiger partial charge in [-0.25, -0.2) is 4.98 Å². The third-order valence-electron chi connectivity index (χ3n) is 3.34. The van der Waals surface area contributed by atoms with E-state index < -0.39 is 0 Å². The molecule has 21 heavy (non-hydrogen) atoms. The summed E-state index contributed by atoms with van der Waals surface area (Å²) in [6.07, 6.45) is 0.814. The zero-order valence-corrected chi connectivity index (χ0v) is 13.6. The zero-order chi connectivity index (χ0) is 15.4. The van der Waals surface area contributed by atoms with Gasteiger partial charge in [0.05, 0.1) is 11.4 Å². The number of aromatic nitrogens is 3. The Bertz CT molecular complexity index is 619. The van der Waals surface area contributed by atoms with Crippen LogP contribution in [0, 0.1) is 0 Å². The average Bonchev–Trinajstić information content (AvgIpc) is 3.12. The molecule has 0 radical (unpaired) electrons. The molecule has 2 aromatic rings. The minimum absolute atomic E-state index is 0.165. The zero-order valence-electron chi connectivity index (χ0n) is 12.8. The standard InChI is InChI=1S/C14H21N5OS/c1-5-10-7-12(19(6-2)18-10)13(20)17-14-16-11(8-21-14)9(3)15-4/h7-9,15H,5-6H2,1-4H3,(H,16,17,20). The molecule has 7 heteroatoms. The second kappa shape index (κ2) is 6.82. The fraction of sp³-hybridized carbons (Fsp3) is 0.500. The highest BCUT2D eigenvalue weighted by atomic mass is 32.1. The molecule has 0 aromatic carbocycles. The van der Waals surface area contributed by atoms with E-state index in [9.17, 15) is 4.79 Å². The molecule has 1 amide bonds. The first-order chi connectivity index (χ1) is 10.1. The molecule has 2 heterocycles. The lowest BCUT2D eigenvalue weighted by molar-refractivity contribution is 0.101. The van der Waals surface area contributed by atoms with Crippen molar-refractivity contribution in [3.8, 4) is 0 Å². The number of aryl methyl sites for hydroxylation is 2. The second-order valence-electron chi connectivity index (χ2n) is 4.73. The van der Waals surface area contributed by atoms with E-state index in [-0.39, 0.29) is 11.9 Å². The summed E-state index contributed by atoms with van der Waals surface area (Å²) in [5.74, 6) is -0.165. The van der Waals surface area contributed by atoms with E-state index >= 15 is 0 Å². The van der Waals surface area contributed by atoms with Gasteiger partial charge in [-0.05, 0) is 33.4 Å². The van der Waals surface area contributed by atoms with Gasteiger partial charge in [0.1, 0.15) is 5.69 Å². The Labute approximate surface area is 128 Å². The van der Waals surface area contributed by atoms with Crippen LogP contribution in [0.25, 0.3) is 0 Å². The van der Waals surface area contributed by atoms with Crippen molar-refractivity contribution in [2.24, 2.45) is 0 Å².